The number of amides is 1. The first kappa shape index (κ1) is 15.4. The molecule has 1 fully saturated rings. The average molecular weight is 292 g/mol. The van der Waals surface area contributed by atoms with Crippen molar-refractivity contribution in [1.29, 1.82) is 0 Å². The van der Waals surface area contributed by atoms with Gasteiger partial charge >= 0.3 is 0 Å². The molecule has 4 heteroatoms. The Hall–Kier alpha value is -1.00. The number of rotatable bonds is 4. The van der Waals surface area contributed by atoms with Crippen molar-refractivity contribution in [3.63, 3.8) is 0 Å². The van der Waals surface area contributed by atoms with Crippen molar-refractivity contribution in [2.75, 3.05) is 18.8 Å². The van der Waals surface area contributed by atoms with Gasteiger partial charge in [-0.1, -0.05) is 37.3 Å². The third-order valence-electron chi connectivity index (χ3n) is 3.84. The van der Waals surface area contributed by atoms with E-state index in [1.54, 1.807) is 0 Å². The number of thioether (sulfide) groups is 1. The Bertz CT molecular complexity index is 424. The van der Waals surface area contributed by atoms with E-state index in [4.69, 9.17) is 0 Å². The zero-order chi connectivity index (χ0) is 14.4. The lowest BCUT2D eigenvalue weighted by atomic mass is 10.2. The molecule has 1 aliphatic heterocycles. The highest BCUT2D eigenvalue weighted by Crippen LogP contribution is 2.19. The molecule has 1 aliphatic rings. The zero-order valence-electron chi connectivity index (χ0n) is 12.3. The van der Waals surface area contributed by atoms with Gasteiger partial charge in [0.2, 0.25) is 5.91 Å². The maximum absolute atomic E-state index is 12.2. The molecule has 1 aromatic carbocycles. The highest BCUT2D eigenvalue weighted by atomic mass is 32.2. The number of nitrogens with one attached hydrogen (secondary N) is 1. The minimum absolute atomic E-state index is 0.0374. The fourth-order valence-corrected chi connectivity index (χ4v) is 3.41. The first-order valence-electron chi connectivity index (χ1n) is 7.34. The average Bonchev–Trinajstić information content (AvgIpc) is 2.70. The second-order valence-corrected chi connectivity index (χ2v) is 6.93. The Morgan fingerprint density at radius 3 is 2.90 bits per heavy atom. The Morgan fingerprint density at radius 1 is 1.40 bits per heavy atom. The van der Waals surface area contributed by atoms with Crippen LogP contribution in [0.15, 0.2) is 30.3 Å². The van der Waals surface area contributed by atoms with Crippen LogP contribution < -0.4 is 5.32 Å². The molecular weight excluding hydrogens is 268 g/mol. The summed E-state index contributed by atoms with van der Waals surface area (Å²) in [5.74, 6) is 1.26. The van der Waals surface area contributed by atoms with Crippen LogP contribution in [0, 0.1) is 0 Å². The molecule has 20 heavy (non-hydrogen) atoms. The molecule has 1 amide bonds. The predicted molar refractivity (Wildman–Crippen MR) is 85.9 cm³/mol. The molecule has 0 aromatic heterocycles. The van der Waals surface area contributed by atoms with Gasteiger partial charge in [0.1, 0.15) is 0 Å². The summed E-state index contributed by atoms with van der Waals surface area (Å²) in [5, 5.41) is 3.75. The lowest BCUT2D eigenvalue weighted by Crippen LogP contribution is -2.45. The topological polar surface area (TPSA) is 32.3 Å². The van der Waals surface area contributed by atoms with Gasteiger partial charge in [-0.05, 0) is 25.5 Å². The maximum Gasteiger partial charge on any atom is 0.237 e. The Morgan fingerprint density at radius 2 is 2.15 bits per heavy atom. The van der Waals surface area contributed by atoms with Crippen molar-refractivity contribution in [3.8, 4) is 0 Å². The minimum Gasteiger partial charge on any atom is -0.351 e. The van der Waals surface area contributed by atoms with Crippen LogP contribution in [-0.4, -0.2) is 40.9 Å². The molecule has 1 heterocycles. The smallest absolute Gasteiger partial charge is 0.237 e. The number of hydrogen-bond donors (Lipinski definition) is 1. The van der Waals surface area contributed by atoms with Gasteiger partial charge < -0.3 is 5.32 Å². The van der Waals surface area contributed by atoms with Gasteiger partial charge in [0, 0.05) is 24.1 Å². The molecule has 0 bridgehead atoms. The molecule has 3 nitrogen and oxygen atoms in total. The van der Waals surface area contributed by atoms with Crippen LogP contribution in [0.25, 0.3) is 0 Å². The highest BCUT2D eigenvalue weighted by molar-refractivity contribution is 7.99. The quantitative estimate of drug-likeness (QED) is 0.925. The van der Waals surface area contributed by atoms with E-state index in [0.717, 1.165) is 24.4 Å². The van der Waals surface area contributed by atoms with Crippen molar-refractivity contribution in [3.05, 3.63) is 35.9 Å². The zero-order valence-corrected chi connectivity index (χ0v) is 13.2. The first-order chi connectivity index (χ1) is 9.66. The van der Waals surface area contributed by atoms with E-state index < -0.39 is 0 Å². The third kappa shape index (κ3) is 4.53. The van der Waals surface area contributed by atoms with Crippen molar-refractivity contribution in [2.45, 2.75) is 38.1 Å². The molecular formula is C16H24N2OS. The molecule has 2 rings (SSSR count). The summed E-state index contributed by atoms with van der Waals surface area (Å²) in [7, 11) is 0. The van der Waals surface area contributed by atoms with E-state index in [2.05, 4.69) is 17.1 Å². The van der Waals surface area contributed by atoms with Gasteiger partial charge in [0.25, 0.3) is 0 Å². The first-order valence-corrected chi connectivity index (χ1v) is 8.39. The van der Waals surface area contributed by atoms with Crippen LogP contribution in [0.2, 0.25) is 0 Å². The van der Waals surface area contributed by atoms with Gasteiger partial charge in [0.05, 0.1) is 6.04 Å². The second kappa shape index (κ2) is 7.70. The molecule has 0 saturated carbocycles. The Balaban J connectivity index is 1.82. The van der Waals surface area contributed by atoms with Crippen LogP contribution in [0.3, 0.4) is 0 Å². The molecule has 0 spiro atoms. The summed E-state index contributed by atoms with van der Waals surface area (Å²) in [5.41, 5.74) is 1.15. The van der Waals surface area contributed by atoms with Crippen LogP contribution in [0.4, 0.5) is 0 Å². The van der Waals surface area contributed by atoms with E-state index in [1.807, 2.05) is 49.0 Å². The number of benzene rings is 1. The van der Waals surface area contributed by atoms with Crippen LogP contribution in [0.1, 0.15) is 25.8 Å². The largest absolute Gasteiger partial charge is 0.351 e. The van der Waals surface area contributed by atoms with Crippen molar-refractivity contribution in [1.82, 2.24) is 10.2 Å². The van der Waals surface area contributed by atoms with Gasteiger partial charge in [0.15, 0.2) is 0 Å². The number of hydrogen-bond acceptors (Lipinski definition) is 3. The molecule has 0 aliphatic carbocycles. The third-order valence-corrected chi connectivity index (χ3v) is 5.06. The van der Waals surface area contributed by atoms with Gasteiger partial charge in [-0.2, -0.15) is 11.8 Å². The Labute approximate surface area is 126 Å². The number of carbonyl (C=O) groups is 1. The van der Waals surface area contributed by atoms with Gasteiger partial charge in [-0.3, -0.25) is 9.69 Å². The molecule has 1 saturated heterocycles. The van der Waals surface area contributed by atoms with E-state index in [-0.39, 0.29) is 11.9 Å². The molecule has 0 radical (unpaired) electrons. The van der Waals surface area contributed by atoms with E-state index in [0.29, 0.717) is 11.8 Å². The SMILES string of the molecule is C[C@@H]1CCN([C@@H](C)C(=O)NCc2ccccc2)CCS1. The fourth-order valence-electron chi connectivity index (χ4n) is 2.40. The molecule has 2 atom stereocenters. The normalized spacial score (nSPS) is 22.0. The predicted octanol–water partition coefficient (Wildman–Crippen LogP) is 2.52. The minimum atomic E-state index is -0.0374. The molecule has 1 N–H and O–H groups in total. The van der Waals surface area contributed by atoms with Crippen molar-refractivity contribution in [2.24, 2.45) is 0 Å². The standard InChI is InChI=1S/C16H24N2OS/c1-13-8-9-18(10-11-20-13)14(2)16(19)17-12-15-6-4-3-5-7-15/h3-7,13-14H,8-12H2,1-2H3,(H,17,19)/t13-,14+/m1/s1. The number of nitrogens with zero attached hydrogens (tertiary/aromatic N) is 1. The van der Waals surface area contributed by atoms with Crippen LogP contribution >= 0.6 is 11.8 Å². The summed E-state index contributed by atoms with van der Waals surface area (Å²) >= 11 is 2.01. The lowest BCUT2D eigenvalue weighted by molar-refractivity contribution is -0.126. The summed E-state index contributed by atoms with van der Waals surface area (Å²) < 4.78 is 0. The summed E-state index contributed by atoms with van der Waals surface area (Å²) in [4.78, 5) is 14.6. The highest BCUT2D eigenvalue weighted by Gasteiger charge is 2.23. The van der Waals surface area contributed by atoms with Gasteiger partial charge in [-0.25, -0.2) is 0 Å². The monoisotopic (exact) mass is 292 g/mol. The van der Waals surface area contributed by atoms with Crippen molar-refractivity contribution >= 4 is 17.7 Å². The fraction of sp³-hybridized carbons (Fsp3) is 0.562. The molecule has 0 unspecified atom stereocenters. The van der Waals surface area contributed by atoms with E-state index in [1.165, 1.54) is 6.42 Å². The summed E-state index contributed by atoms with van der Waals surface area (Å²) in [6.45, 7) is 6.93. The molecule has 110 valence electrons. The van der Waals surface area contributed by atoms with Crippen LogP contribution in [-0.2, 0) is 11.3 Å². The van der Waals surface area contributed by atoms with Crippen molar-refractivity contribution < 1.29 is 4.79 Å². The molecule has 1 aromatic rings. The summed E-state index contributed by atoms with van der Waals surface area (Å²) in [6, 6.07) is 10.0. The van der Waals surface area contributed by atoms with Gasteiger partial charge in [-0.15, -0.1) is 0 Å². The maximum atomic E-state index is 12.2. The second-order valence-electron chi connectivity index (χ2n) is 5.39. The van der Waals surface area contributed by atoms with E-state index >= 15 is 0 Å². The van der Waals surface area contributed by atoms with Crippen LogP contribution in [0.5, 0.6) is 0 Å². The lowest BCUT2D eigenvalue weighted by Gasteiger charge is -2.26. The number of carbonyl (C=O) groups excluding carboxylic acids is 1. The summed E-state index contributed by atoms with van der Waals surface area (Å²) in [6.07, 6.45) is 1.17. The van der Waals surface area contributed by atoms with E-state index in [9.17, 15) is 4.79 Å². The Kier molecular flexibility index (Phi) is 5.92.